The number of hydrogen-bond acceptors (Lipinski definition) is 2. The van der Waals surface area contributed by atoms with Crippen molar-refractivity contribution in [2.24, 2.45) is 11.8 Å². The molecule has 1 amide bonds. The molecule has 0 spiro atoms. The summed E-state index contributed by atoms with van der Waals surface area (Å²) in [6, 6.07) is 3.19. The Morgan fingerprint density at radius 1 is 1.24 bits per heavy atom. The van der Waals surface area contributed by atoms with E-state index in [2.05, 4.69) is 21.2 Å². The molecule has 2 heterocycles. The zero-order valence-electron chi connectivity index (χ0n) is 11.1. The van der Waals surface area contributed by atoms with Gasteiger partial charge in [0, 0.05) is 30.7 Å². The molecule has 0 radical (unpaired) electrons. The average Bonchev–Trinajstić information content (AvgIpc) is 2.97. The molecular formula is C14H14BrF3N2O. The van der Waals surface area contributed by atoms with Gasteiger partial charge in [-0.15, -0.1) is 0 Å². The van der Waals surface area contributed by atoms with Gasteiger partial charge >= 0.3 is 6.18 Å². The third-order valence-corrected chi connectivity index (χ3v) is 4.89. The van der Waals surface area contributed by atoms with Gasteiger partial charge in [0.05, 0.1) is 11.1 Å². The summed E-state index contributed by atoms with van der Waals surface area (Å²) in [6.07, 6.45) is -4.44. The topological polar surface area (TPSA) is 32.3 Å². The Morgan fingerprint density at radius 3 is 2.43 bits per heavy atom. The molecule has 1 aromatic carbocycles. The lowest BCUT2D eigenvalue weighted by Gasteiger charge is -2.19. The molecule has 2 unspecified atom stereocenters. The molecule has 1 N–H and O–H groups in total. The Labute approximate surface area is 128 Å². The van der Waals surface area contributed by atoms with Crippen LogP contribution in [0.4, 0.5) is 13.2 Å². The van der Waals surface area contributed by atoms with Gasteiger partial charge in [0.15, 0.2) is 0 Å². The number of likely N-dealkylation sites (tertiary alicyclic amines) is 1. The molecule has 2 atom stereocenters. The highest BCUT2D eigenvalue weighted by Gasteiger charge is 2.39. The summed E-state index contributed by atoms with van der Waals surface area (Å²) in [6.45, 7) is 2.97. The van der Waals surface area contributed by atoms with Gasteiger partial charge in [-0.3, -0.25) is 4.79 Å². The van der Waals surface area contributed by atoms with Crippen LogP contribution in [0, 0.1) is 11.8 Å². The van der Waals surface area contributed by atoms with Crippen LogP contribution in [0.1, 0.15) is 15.9 Å². The van der Waals surface area contributed by atoms with E-state index in [1.165, 1.54) is 6.07 Å². The van der Waals surface area contributed by atoms with Gasteiger partial charge in [0.2, 0.25) is 0 Å². The average molecular weight is 363 g/mol. The fourth-order valence-electron chi connectivity index (χ4n) is 3.06. The van der Waals surface area contributed by atoms with Crippen molar-refractivity contribution in [3.05, 3.63) is 33.8 Å². The smallest absolute Gasteiger partial charge is 0.338 e. The molecule has 0 bridgehead atoms. The molecule has 21 heavy (non-hydrogen) atoms. The van der Waals surface area contributed by atoms with Crippen molar-refractivity contribution in [3.63, 3.8) is 0 Å². The van der Waals surface area contributed by atoms with Gasteiger partial charge in [-0.1, -0.05) is 0 Å². The summed E-state index contributed by atoms with van der Waals surface area (Å²) in [5.74, 6) is 0.499. The number of carbonyl (C=O) groups is 1. The lowest BCUT2D eigenvalue weighted by Crippen LogP contribution is -2.32. The maximum atomic E-state index is 12.8. The zero-order valence-corrected chi connectivity index (χ0v) is 12.7. The highest BCUT2D eigenvalue weighted by atomic mass is 79.9. The van der Waals surface area contributed by atoms with Crippen molar-refractivity contribution in [2.45, 2.75) is 6.18 Å². The fraction of sp³-hybridized carbons (Fsp3) is 0.500. The predicted molar refractivity (Wildman–Crippen MR) is 74.9 cm³/mol. The summed E-state index contributed by atoms with van der Waals surface area (Å²) in [5, 5.41) is 3.27. The van der Waals surface area contributed by atoms with Crippen molar-refractivity contribution in [1.82, 2.24) is 10.2 Å². The molecule has 7 heteroatoms. The third kappa shape index (κ3) is 2.81. The van der Waals surface area contributed by atoms with E-state index in [0.29, 0.717) is 29.4 Å². The number of amides is 1. The van der Waals surface area contributed by atoms with Crippen LogP contribution in [0.25, 0.3) is 0 Å². The molecular weight excluding hydrogens is 349 g/mol. The van der Waals surface area contributed by atoms with Gasteiger partial charge in [0.25, 0.3) is 5.91 Å². The van der Waals surface area contributed by atoms with Crippen LogP contribution < -0.4 is 5.32 Å². The number of rotatable bonds is 1. The quantitative estimate of drug-likeness (QED) is 0.832. The van der Waals surface area contributed by atoms with E-state index in [-0.39, 0.29) is 11.5 Å². The monoisotopic (exact) mass is 362 g/mol. The largest absolute Gasteiger partial charge is 0.416 e. The van der Waals surface area contributed by atoms with E-state index in [9.17, 15) is 18.0 Å². The third-order valence-electron chi connectivity index (χ3n) is 4.20. The maximum Gasteiger partial charge on any atom is 0.416 e. The molecule has 2 fully saturated rings. The van der Waals surface area contributed by atoms with Crippen LogP contribution >= 0.6 is 15.9 Å². The molecule has 3 nitrogen and oxygen atoms in total. The lowest BCUT2D eigenvalue weighted by atomic mass is 10.0. The minimum atomic E-state index is -4.44. The van der Waals surface area contributed by atoms with Crippen LogP contribution in [0.5, 0.6) is 0 Å². The summed E-state index contributed by atoms with van der Waals surface area (Å²) in [5.41, 5.74) is -0.715. The van der Waals surface area contributed by atoms with Crippen molar-refractivity contribution in [1.29, 1.82) is 0 Å². The van der Waals surface area contributed by atoms with E-state index in [0.717, 1.165) is 25.2 Å². The summed E-state index contributed by atoms with van der Waals surface area (Å²) >= 11 is 3.18. The van der Waals surface area contributed by atoms with Crippen LogP contribution in [-0.4, -0.2) is 37.0 Å². The second-order valence-corrected chi connectivity index (χ2v) is 6.44. The Hall–Kier alpha value is -1.08. The second-order valence-electron chi connectivity index (χ2n) is 5.58. The number of fused-ring (bicyclic) bond motifs is 1. The highest BCUT2D eigenvalue weighted by Crippen LogP contribution is 2.33. The van der Waals surface area contributed by atoms with Crippen molar-refractivity contribution in [3.8, 4) is 0 Å². The molecule has 2 aliphatic rings. The Balaban J connectivity index is 1.84. The van der Waals surface area contributed by atoms with Gasteiger partial charge in [-0.25, -0.2) is 0 Å². The minimum absolute atomic E-state index is 0.0813. The van der Waals surface area contributed by atoms with E-state index in [1.807, 2.05) is 0 Å². The van der Waals surface area contributed by atoms with Gasteiger partial charge in [-0.05, 0) is 46.0 Å². The van der Waals surface area contributed by atoms with Crippen molar-refractivity contribution < 1.29 is 18.0 Å². The number of hydrogen-bond donors (Lipinski definition) is 1. The Bertz CT molecular complexity index is 564. The number of nitrogens with one attached hydrogen (secondary N) is 1. The van der Waals surface area contributed by atoms with E-state index in [1.54, 1.807) is 4.90 Å². The molecule has 3 rings (SSSR count). The zero-order chi connectivity index (χ0) is 15.2. The molecule has 0 aliphatic carbocycles. The van der Waals surface area contributed by atoms with E-state index in [4.69, 9.17) is 0 Å². The Morgan fingerprint density at radius 2 is 1.86 bits per heavy atom. The predicted octanol–water partition coefficient (Wildman–Crippen LogP) is 2.76. The first-order valence-electron chi connectivity index (χ1n) is 6.73. The summed E-state index contributed by atoms with van der Waals surface area (Å²) in [7, 11) is 0. The van der Waals surface area contributed by atoms with Gasteiger partial charge in [0.1, 0.15) is 0 Å². The van der Waals surface area contributed by atoms with Crippen LogP contribution in [0.15, 0.2) is 22.7 Å². The number of alkyl halides is 3. The number of benzene rings is 1. The first kappa shape index (κ1) is 14.8. The molecule has 1 aromatic rings. The second kappa shape index (κ2) is 5.28. The van der Waals surface area contributed by atoms with Crippen molar-refractivity contribution >= 4 is 21.8 Å². The maximum absolute atomic E-state index is 12.8. The SMILES string of the molecule is O=C(c1cc(C(F)(F)F)ccc1Br)N1CC2CNCC2C1. The minimum Gasteiger partial charge on any atom is -0.338 e. The fourth-order valence-corrected chi connectivity index (χ4v) is 3.47. The molecule has 114 valence electrons. The molecule has 2 saturated heterocycles. The lowest BCUT2D eigenvalue weighted by molar-refractivity contribution is -0.137. The van der Waals surface area contributed by atoms with Crippen molar-refractivity contribution in [2.75, 3.05) is 26.2 Å². The van der Waals surface area contributed by atoms with Crippen LogP contribution in [-0.2, 0) is 6.18 Å². The standard InChI is InChI=1S/C14H14BrF3N2O/c15-12-2-1-10(14(16,17)18)3-11(12)13(21)20-6-8-4-19-5-9(8)7-20/h1-3,8-9,19H,4-7H2. The number of halogens is 4. The first-order valence-corrected chi connectivity index (χ1v) is 7.52. The first-order chi connectivity index (χ1) is 9.86. The van der Waals surface area contributed by atoms with Gasteiger partial charge in [-0.2, -0.15) is 13.2 Å². The highest BCUT2D eigenvalue weighted by molar-refractivity contribution is 9.10. The number of nitrogens with zero attached hydrogens (tertiary/aromatic N) is 1. The van der Waals surface area contributed by atoms with Crippen LogP contribution in [0.2, 0.25) is 0 Å². The molecule has 0 aromatic heterocycles. The normalized spacial score (nSPS) is 25.2. The molecule has 2 aliphatic heterocycles. The summed E-state index contributed by atoms with van der Waals surface area (Å²) in [4.78, 5) is 14.1. The van der Waals surface area contributed by atoms with Crippen LogP contribution in [0.3, 0.4) is 0 Å². The van der Waals surface area contributed by atoms with E-state index >= 15 is 0 Å². The Kier molecular flexibility index (Phi) is 3.73. The molecule has 0 saturated carbocycles. The number of carbonyl (C=O) groups excluding carboxylic acids is 1. The summed E-state index contributed by atoms with van der Waals surface area (Å²) < 4.78 is 38.7. The van der Waals surface area contributed by atoms with E-state index < -0.39 is 11.7 Å². The van der Waals surface area contributed by atoms with Gasteiger partial charge < -0.3 is 10.2 Å².